The van der Waals surface area contributed by atoms with Crippen LogP contribution in [0.1, 0.15) is 52.6 Å². The van der Waals surface area contributed by atoms with Crippen molar-refractivity contribution in [3.8, 4) is 0 Å². The van der Waals surface area contributed by atoms with Crippen molar-refractivity contribution in [2.24, 2.45) is 5.92 Å². The van der Waals surface area contributed by atoms with E-state index in [4.69, 9.17) is 4.74 Å². The van der Waals surface area contributed by atoms with Gasteiger partial charge in [0.05, 0.1) is 12.0 Å². The molecule has 0 aromatic heterocycles. The third-order valence-corrected chi connectivity index (χ3v) is 4.22. The average Bonchev–Trinajstić information content (AvgIpc) is 2.65. The summed E-state index contributed by atoms with van der Waals surface area (Å²) in [6, 6.07) is 5.97. The first kappa shape index (κ1) is 24.9. The lowest BCUT2D eigenvalue weighted by atomic mass is 10.0. The summed E-state index contributed by atoms with van der Waals surface area (Å²) < 4.78 is 5.23. The number of rotatable bonds is 9. The number of hydrogen-bond acceptors (Lipinski definition) is 4. The van der Waals surface area contributed by atoms with Crippen LogP contribution in [0.25, 0.3) is 0 Å². The van der Waals surface area contributed by atoms with Crippen molar-refractivity contribution in [1.82, 2.24) is 10.6 Å². The van der Waals surface area contributed by atoms with Crippen LogP contribution >= 0.6 is 0 Å². The molecule has 0 radical (unpaired) electrons. The Morgan fingerprint density at radius 3 is 2.27 bits per heavy atom. The monoisotopic (exact) mass is 415 g/mol. The second-order valence-corrected chi connectivity index (χ2v) is 8.05. The highest BCUT2D eigenvalue weighted by molar-refractivity contribution is 5.94. The molecule has 1 aromatic carbocycles. The lowest BCUT2D eigenvalue weighted by Crippen LogP contribution is -2.48. The largest absolute Gasteiger partial charge is 0.444 e. The van der Waals surface area contributed by atoms with Crippen molar-refractivity contribution in [2.75, 3.05) is 5.32 Å². The summed E-state index contributed by atoms with van der Waals surface area (Å²) in [6.07, 6.45) is 2.68. The normalized spacial score (nSPS) is 13.9. The van der Waals surface area contributed by atoms with Crippen molar-refractivity contribution in [2.45, 2.75) is 58.7 Å². The Morgan fingerprint density at radius 2 is 1.70 bits per heavy atom. The smallest absolute Gasteiger partial charge is 0.408 e. The highest BCUT2D eigenvalue weighted by Crippen LogP contribution is 2.23. The van der Waals surface area contributed by atoms with E-state index in [0.29, 0.717) is 5.69 Å². The van der Waals surface area contributed by atoms with Gasteiger partial charge in [0.15, 0.2) is 0 Å². The van der Waals surface area contributed by atoms with Gasteiger partial charge < -0.3 is 20.7 Å². The van der Waals surface area contributed by atoms with Crippen LogP contribution in [0.3, 0.4) is 0 Å². The molecule has 30 heavy (non-hydrogen) atoms. The van der Waals surface area contributed by atoms with E-state index in [2.05, 4.69) is 29.1 Å². The number of anilines is 1. The standard InChI is InChI=1S/C23H33N3O4/c1-8-12-19(26-22(29)30-23(5,6)7)21(28)24-16(4)17-13-10-11-14-18(17)25-20(27)15(3)9-2/h8-11,13-16,19H,1-2,12H2,3-7H3,(H,24,28)(H,25,27)(H,26,29)/t15-,16?,19+/m1/s1. The molecule has 3 N–H and O–H groups in total. The third kappa shape index (κ3) is 8.11. The average molecular weight is 416 g/mol. The number of alkyl carbamates (subject to hydrolysis) is 1. The van der Waals surface area contributed by atoms with Gasteiger partial charge in [-0.2, -0.15) is 0 Å². The zero-order valence-corrected chi connectivity index (χ0v) is 18.5. The van der Waals surface area contributed by atoms with Crippen LogP contribution in [0.2, 0.25) is 0 Å². The van der Waals surface area contributed by atoms with E-state index in [9.17, 15) is 14.4 Å². The van der Waals surface area contributed by atoms with Crippen molar-refractivity contribution < 1.29 is 19.1 Å². The molecule has 0 heterocycles. The van der Waals surface area contributed by atoms with Crippen LogP contribution in [0.5, 0.6) is 0 Å². The predicted molar refractivity (Wildman–Crippen MR) is 119 cm³/mol. The first-order valence-electron chi connectivity index (χ1n) is 9.91. The summed E-state index contributed by atoms with van der Waals surface area (Å²) in [5, 5.41) is 8.31. The first-order chi connectivity index (χ1) is 14.0. The molecule has 1 unspecified atom stereocenters. The van der Waals surface area contributed by atoms with Crippen molar-refractivity contribution in [3.63, 3.8) is 0 Å². The fraction of sp³-hybridized carbons (Fsp3) is 0.435. The Morgan fingerprint density at radius 1 is 1.07 bits per heavy atom. The van der Waals surface area contributed by atoms with Gasteiger partial charge in [0.1, 0.15) is 11.6 Å². The van der Waals surface area contributed by atoms with E-state index >= 15 is 0 Å². The van der Waals surface area contributed by atoms with E-state index in [1.165, 1.54) is 0 Å². The number of nitrogens with one attached hydrogen (secondary N) is 3. The van der Waals surface area contributed by atoms with Crippen molar-refractivity contribution >= 4 is 23.6 Å². The maximum absolute atomic E-state index is 12.8. The quantitative estimate of drug-likeness (QED) is 0.529. The van der Waals surface area contributed by atoms with Crippen LogP contribution < -0.4 is 16.0 Å². The number of carbonyl (C=O) groups excluding carboxylic acids is 3. The van der Waals surface area contributed by atoms with E-state index < -0.39 is 23.8 Å². The van der Waals surface area contributed by atoms with Crippen LogP contribution in [-0.4, -0.2) is 29.6 Å². The number of para-hydroxylation sites is 1. The van der Waals surface area contributed by atoms with E-state index in [-0.39, 0.29) is 24.2 Å². The second kappa shape index (κ2) is 11.2. The fourth-order valence-corrected chi connectivity index (χ4v) is 2.58. The molecule has 0 bridgehead atoms. The second-order valence-electron chi connectivity index (χ2n) is 8.05. The predicted octanol–water partition coefficient (Wildman–Crippen LogP) is 4.09. The van der Waals surface area contributed by atoms with Crippen LogP contribution in [0.15, 0.2) is 49.6 Å². The van der Waals surface area contributed by atoms with Crippen molar-refractivity contribution in [3.05, 3.63) is 55.1 Å². The van der Waals surface area contributed by atoms with Gasteiger partial charge in [0.2, 0.25) is 11.8 Å². The van der Waals surface area contributed by atoms with E-state index in [0.717, 1.165) is 5.56 Å². The Kier molecular flexibility index (Phi) is 9.30. The molecule has 0 spiro atoms. The Balaban J connectivity index is 2.91. The van der Waals surface area contributed by atoms with Crippen LogP contribution in [0.4, 0.5) is 10.5 Å². The number of ether oxygens (including phenoxy) is 1. The van der Waals surface area contributed by atoms with Gasteiger partial charge in [0.25, 0.3) is 0 Å². The molecular formula is C23H33N3O4. The van der Waals surface area contributed by atoms with Gasteiger partial charge in [-0.3, -0.25) is 9.59 Å². The summed E-state index contributed by atoms with van der Waals surface area (Å²) in [5.74, 6) is -0.918. The highest BCUT2D eigenvalue weighted by Gasteiger charge is 2.25. The molecule has 7 heteroatoms. The van der Waals surface area contributed by atoms with Gasteiger partial charge in [-0.1, -0.05) is 37.3 Å². The molecule has 164 valence electrons. The zero-order valence-electron chi connectivity index (χ0n) is 18.5. The molecule has 1 rings (SSSR count). The number of carbonyl (C=O) groups is 3. The van der Waals surface area contributed by atoms with Gasteiger partial charge in [-0.25, -0.2) is 4.79 Å². The van der Waals surface area contributed by atoms with Gasteiger partial charge >= 0.3 is 6.09 Å². The number of benzene rings is 1. The SMILES string of the molecule is C=CC[C@H](NC(=O)OC(C)(C)C)C(=O)NC(C)c1ccccc1NC(=O)[C@H](C)C=C. The molecule has 3 atom stereocenters. The van der Waals surface area contributed by atoms with E-state index in [1.54, 1.807) is 58.9 Å². The lowest BCUT2D eigenvalue weighted by molar-refractivity contribution is -0.123. The minimum Gasteiger partial charge on any atom is -0.444 e. The number of amides is 3. The van der Waals surface area contributed by atoms with Gasteiger partial charge in [0, 0.05) is 5.69 Å². The maximum Gasteiger partial charge on any atom is 0.408 e. The molecule has 1 aromatic rings. The van der Waals surface area contributed by atoms with Crippen LogP contribution in [0, 0.1) is 5.92 Å². The highest BCUT2D eigenvalue weighted by atomic mass is 16.6. The number of hydrogen-bond donors (Lipinski definition) is 3. The summed E-state index contributed by atoms with van der Waals surface area (Å²) in [4.78, 5) is 37.1. The minimum absolute atomic E-state index is 0.188. The molecule has 0 saturated carbocycles. The Labute approximate surface area is 179 Å². The zero-order chi connectivity index (χ0) is 22.9. The summed E-state index contributed by atoms with van der Waals surface area (Å²) >= 11 is 0. The third-order valence-electron chi connectivity index (χ3n) is 4.22. The fourth-order valence-electron chi connectivity index (χ4n) is 2.58. The minimum atomic E-state index is -0.831. The molecule has 0 aliphatic carbocycles. The lowest BCUT2D eigenvalue weighted by Gasteiger charge is -2.25. The Bertz CT molecular complexity index is 783. The molecular weight excluding hydrogens is 382 g/mol. The first-order valence-corrected chi connectivity index (χ1v) is 9.91. The molecule has 0 saturated heterocycles. The maximum atomic E-state index is 12.8. The molecule has 3 amide bonds. The van der Waals surface area contributed by atoms with Gasteiger partial charge in [-0.15, -0.1) is 13.2 Å². The van der Waals surface area contributed by atoms with Crippen LogP contribution in [-0.2, 0) is 14.3 Å². The molecule has 0 aliphatic heterocycles. The summed E-state index contributed by atoms with van der Waals surface area (Å²) in [5.41, 5.74) is 0.668. The molecule has 0 aliphatic rings. The van der Waals surface area contributed by atoms with Gasteiger partial charge in [-0.05, 0) is 45.7 Å². The summed E-state index contributed by atoms with van der Waals surface area (Å²) in [6.45, 7) is 16.1. The van der Waals surface area contributed by atoms with Crippen molar-refractivity contribution in [1.29, 1.82) is 0 Å². The Hall–Kier alpha value is -3.09. The van der Waals surface area contributed by atoms with E-state index in [1.807, 2.05) is 12.1 Å². The molecule has 0 fully saturated rings. The topological polar surface area (TPSA) is 96.5 Å². The molecule has 7 nitrogen and oxygen atoms in total. The summed E-state index contributed by atoms with van der Waals surface area (Å²) in [7, 11) is 0.